The van der Waals surface area contributed by atoms with Crippen molar-refractivity contribution in [1.29, 1.82) is 0 Å². The Labute approximate surface area is 284 Å². The molecule has 1 aromatic rings. The first kappa shape index (κ1) is 34.3. The third-order valence-electron chi connectivity index (χ3n) is 11.8. The molecule has 10 heteroatoms. The predicted molar refractivity (Wildman–Crippen MR) is 181 cm³/mol. The SMILES string of the molecule is COC[C@H]1CN(C(=O)[C@@H]2CN(C3CCC(OC)CC3)C[C@H]2c2ccc(OC)cc2)CC1C1CC=C(Cl)C=C1N1CCC(C(=O)O)CC1. The molecule has 1 amide bonds. The van der Waals surface area contributed by atoms with E-state index in [1.165, 1.54) is 11.3 Å². The van der Waals surface area contributed by atoms with Crippen molar-refractivity contribution >= 4 is 23.5 Å². The van der Waals surface area contributed by atoms with Crippen LogP contribution in [0.25, 0.3) is 0 Å². The van der Waals surface area contributed by atoms with Gasteiger partial charge < -0.3 is 29.1 Å². The van der Waals surface area contributed by atoms with Crippen LogP contribution < -0.4 is 4.74 Å². The molecule has 2 aliphatic carbocycles. The predicted octanol–water partition coefficient (Wildman–Crippen LogP) is 5.21. The summed E-state index contributed by atoms with van der Waals surface area (Å²) < 4.78 is 16.9. The lowest BCUT2D eigenvalue weighted by molar-refractivity contribution is -0.143. The highest BCUT2D eigenvalue weighted by Crippen LogP contribution is 2.44. The van der Waals surface area contributed by atoms with Gasteiger partial charge in [-0.05, 0) is 74.6 Å². The summed E-state index contributed by atoms with van der Waals surface area (Å²) in [5, 5.41) is 10.3. The Morgan fingerprint density at radius 2 is 1.64 bits per heavy atom. The Morgan fingerprint density at radius 3 is 2.28 bits per heavy atom. The number of aliphatic carboxylic acids is 1. The highest BCUT2D eigenvalue weighted by Gasteiger charge is 2.48. The molecule has 47 heavy (non-hydrogen) atoms. The number of carboxylic acid groups (broad SMARTS) is 1. The Balaban J connectivity index is 1.21. The van der Waals surface area contributed by atoms with E-state index in [2.05, 4.69) is 39.0 Å². The van der Waals surface area contributed by atoms with Crippen LogP contribution in [-0.4, -0.2) is 111 Å². The number of benzene rings is 1. The zero-order chi connectivity index (χ0) is 33.1. The number of halogens is 1. The van der Waals surface area contributed by atoms with Crippen LogP contribution in [0.1, 0.15) is 56.4 Å². The number of hydrogen-bond donors (Lipinski definition) is 1. The molecular weight excluding hydrogens is 618 g/mol. The van der Waals surface area contributed by atoms with E-state index in [1.807, 2.05) is 19.2 Å². The first-order chi connectivity index (χ1) is 22.8. The van der Waals surface area contributed by atoms with Crippen molar-refractivity contribution in [3.8, 4) is 5.75 Å². The maximum absolute atomic E-state index is 14.7. The second-order valence-electron chi connectivity index (χ2n) is 14.3. The molecule has 5 atom stereocenters. The average Bonchev–Trinajstić information content (AvgIpc) is 3.74. The maximum atomic E-state index is 14.7. The van der Waals surface area contributed by atoms with Gasteiger partial charge in [0.2, 0.25) is 5.91 Å². The van der Waals surface area contributed by atoms with Crippen LogP contribution in [-0.2, 0) is 19.1 Å². The standard InChI is InChI=1S/C37H52ClN3O6/c1-45-23-26-19-41(21-33(26)31-13-6-27(38)18-35(31)39-16-14-25(15-17-39)37(43)44)36(42)34-22-40(28-7-11-30(47-3)12-8-28)20-32(34)24-4-9-29(46-2)10-5-24/h4-6,9-10,18,25-26,28,30-34H,7-8,11-17,19-23H2,1-3H3,(H,43,44)/t26-,28?,30?,31?,32+,33?,34-/m1/s1. The molecule has 3 saturated heterocycles. The Kier molecular flexibility index (Phi) is 11.2. The molecule has 6 rings (SSSR count). The molecule has 9 nitrogen and oxygen atoms in total. The van der Waals surface area contributed by atoms with Gasteiger partial charge in [-0.1, -0.05) is 29.8 Å². The summed E-state index contributed by atoms with van der Waals surface area (Å²) in [6, 6.07) is 8.78. The minimum atomic E-state index is -0.706. The molecule has 258 valence electrons. The van der Waals surface area contributed by atoms with E-state index in [0.717, 1.165) is 56.0 Å². The van der Waals surface area contributed by atoms with Crippen LogP contribution >= 0.6 is 11.6 Å². The molecule has 0 bridgehead atoms. The number of amides is 1. The minimum absolute atomic E-state index is 0.115. The maximum Gasteiger partial charge on any atom is 0.306 e. The Bertz CT molecular complexity index is 1300. The number of carbonyl (C=O) groups excluding carboxylic acids is 1. The summed E-state index contributed by atoms with van der Waals surface area (Å²) in [6.07, 6.45) is 10.9. The number of likely N-dealkylation sites (tertiary alicyclic amines) is 3. The first-order valence-electron chi connectivity index (χ1n) is 17.5. The quantitative estimate of drug-likeness (QED) is 0.363. The summed E-state index contributed by atoms with van der Waals surface area (Å²) in [7, 11) is 5.25. The monoisotopic (exact) mass is 669 g/mol. The molecule has 5 aliphatic rings. The van der Waals surface area contributed by atoms with Crippen LogP contribution in [0.4, 0.5) is 0 Å². The van der Waals surface area contributed by atoms with Crippen LogP contribution in [0.5, 0.6) is 5.75 Å². The van der Waals surface area contributed by atoms with E-state index in [0.29, 0.717) is 57.8 Å². The van der Waals surface area contributed by atoms with Crippen molar-refractivity contribution in [2.45, 2.75) is 63.0 Å². The fraction of sp³-hybridized carbons (Fsp3) is 0.676. The van der Waals surface area contributed by atoms with Gasteiger partial charge in [-0.2, -0.15) is 0 Å². The van der Waals surface area contributed by atoms with E-state index >= 15 is 0 Å². The zero-order valence-corrected chi connectivity index (χ0v) is 28.9. The Morgan fingerprint density at radius 1 is 0.915 bits per heavy atom. The molecule has 3 heterocycles. The lowest BCUT2D eigenvalue weighted by atomic mass is 9.77. The van der Waals surface area contributed by atoms with Crippen LogP contribution in [0.2, 0.25) is 0 Å². The lowest BCUT2D eigenvalue weighted by Gasteiger charge is -2.41. The zero-order valence-electron chi connectivity index (χ0n) is 28.2. The number of methoxy groups -OCH3 is 3. The van der Waals surface area contributed by atoms with Gasteiger partial charge in [-0.15, -0.1) is 0 Å². The summed E-state index contributed by atoms with van der Waals surface area (Å²) >= 11 is 6.59. The molecule has 2 unspecified atom stereocenters. The molecule has 1 saturated carbocycles. The van der Waals surface area contributed by atoms with Gasteiger partial charge in [0.25, 0.3) is 0 Å². The van der Waals surface area contributed by atoms with Crippen LogP contribution in [0.3, 0.4) is 0 Å². The third kappa shape index (κ3) is 7.53. The van der Waals surface area contributed by atoms with Gasteiger partial charge in [-0.3, -0.25) is 14.5 Å². The van der Waals surface area contributed by atoms with Crippen LogP contribution in [0.15, 0.2) is 47.1 Å². The second-order valence-corrected chi connectivity index (χ2v) is 14.8. The summed E-state index contributed by atoms with van der Waals surface area (Å²) in [5.74, 6) is 0.720. The molecule has 1 aromatic carbocycles. The van der Waals surface area contributed by atoms with Gasteiger partial charge >= 0.3 is 5.97 Å². The molecule has 0 spiro atoms. The van der Waals surface area contributed by atoms with Gasteiger partial charge in [0.15, 0.2) is 0 Å². The summed E-state index contributed by atoms with van der Waals surface area (Å²) in [5.41, 5.74) is 2.39. The number of rotatable bonds is 10. The van der Waals surface area contributed by atoms with Gasteiger partial charge in [0.05, 0.1) is 31.7 Å². The molecule has 0 aromatic heterocycles. The van der Waals surface area contributed by atoms with Gasteiger partial charge in [0, 0.05) is 88.0 Å². The number of carbonyl (C=O) groups is 2. The largest absolute Gasteiger partial charge is 0.497 e. The highest BCUT2D eigenvalue weighted by atomic mass is 35.5. The fourth-order valence-corrected chi connectivity index (χ4v) is 9.35. The normalized spacial score (nSPS) is 32.3. The van der Waals surface area contributed by atoms with Gasteiger partial charge in [-0.25, -0.2) is 0 Å². The lowest BCUT2D eigenvalue weighted by Crippen LogP contribution is -2.41. The number of ether oxygens (including phenoxy) is 3. The fourth-order valence-electron chi connectivity index (χ4n) is 9.15. The van der Waals surface area contributed by atoms with E-state index in [-0.39, 0.29) is 41.4 Å². The van der Waals surface area contributed by atoms with Crippen molar-refractivity contribution in [2.75, 3.05) is 67.2 Å². The summed E-state index contributed by atoms with van der Waals surface area (Å²) in [4.78, 5) is 33.4. The summed E-state index contributed by atoms with van der Waals surface area (Å²) in [6.45, 7) is 5.05. The van der Waals surface area contributed by atoms with Crippen molar-refractivity contribution in [3.63, 3.8) is 0 Å². The second kappa shape index (κ2) is 15.3. The molecule has 3 aliphatic heterocycles. The van der Waals surface area contributed by atoms with Crippen molar-refractivity contribution in [3.05, 3.63) is 52.7 Å². The van der Waals surface area contributed by atoms with E-state index < -0.39 is 5.97 Å². The van der Waals surface area contributed by atoms with Crippen molar-refractivity contribution < 1.29 is 28.9 Å². The number of hydrogen-bond acceptors (Lipinski definition) is 7. The average molecular weight is 670 g/mol. The number of allylic oxidation sites excluding steroid dienone is 4. The third-order valence-corrected chi connectivity index (χ3v) is 12.1. The Hall–Kier alpha value is -2.59. The molecule has 1 N–H and O–H groups in total. The van der Waals surface area contributed by atoms with Crippen molar-refractivity contribution in [2.24, 2.45) is 29.6 Å². The molecular formula is C37H52ClN3O6. The molecule has 0 radical (unpaired) electrons. The minimum Gasteiger partial charge on any atom is -0.497 e. The topological polar surface area (TPSA) is 91.8 Å². The van der Waals surface area contributed by atoms with Crippen molar-refractivity contribution in [1.82, 2.24) is 14.7 Å². The van der Waals surface area contributed by atoms with Crippen LogP contribution in [0, 0.1) is 29.6 Å². The van der Waals surface area contributed by atoms with E-state index in [4.69, 9.17) is 25.8 Å². The van der Waals surface area contributed by atoms with E-state index in [9.17, 15) is 14.7 Å². The molecule has 4 fully saturated rings. The van der Waals surface area contributed by atoms with Gasteiger partial charge in [0.1, 0.15) is 5.75 Å². The number of piperidine rings is 1. The number of nitrogens with zero attached hydrogens (tertiary/aromatic N) is 3. The van der Waals surface area contributed by atoms with E-state index in [1.54, 1.807) is 14.2 Å². The smallest absolute Gasteiger partial charge is 0.306 e. The number of carboxylic acids is 1. The highest BCUT2D eigenvalue weighted by molar-refractivity contribution is 6.31. The first-order valence-corrected chi connectivity index (χ1v) is 17.9.